The molecule has 0 aromatic heterocycles. The number of alkyl halides is 6. The highest BCUT2D eigenvalue weighted by Gasteiger charge is 2.59. The topological polar surface area (TPSA) is 64.2 Å². The third-order valence-electron chi connectivity index (χ3n) is 8.40. The number of aryl methyl sites for hydroxylation is 1. The number of imide groups is 1. The van der Waals surface area contributed by atoms with Crippen LogP contribution >= 0.6 is 0 Å². The summed E-state index contributed by atoms with van der Waals surface area (Å²) < 4.78 is 80.3. The van der Waals surface area contributed by atoms with E-state index in [0.29, 0.717) is 24.4 Å². The normalized spacial score (nSPS) is 19.8. The minimum atomic E-state index is -5.09. The van der Waals surface area contributed by atoms with Crippen molar-refractivity contribution < 1.29 is 40.7 Å². The van der Waals surface area contributed by atoms with Crippen molar-refractivity contribution in [1.29, 1.82) is 0 Å². The highest BCUT2D eigenvalue weighted by molar-refractivity contribution is 6.17. The first-order chi connectivity index (χ1) is 19.7. The van der Waals surface area contributed by atoms with Crippen LogP contribution in [0.1, 0.15) is 52.7 Å². The number of benzene rings is 2. The van der Waals surface area contributed by atoms with E-state index < -0.39 is 52.4 Å². The van der Waals surface area contributed by atoms with Crippen molar-refractivity contribution in [3.05, 3.63) is 64.7 Å². The molecule has 4 amide bonds. The largest absolute Gasteiger partial charge is 0.416 e. The van der Waals surface area contributed by atoms with E-state index >= 15 is 0 Å². The van der Waals surface area contributed by atoms with Crippen LogP contribution in [0.3, 0.4) is 0 Å². The Morgan fingerprint density at radius 2 is 1.40 bits per heavy atom. The fourth-order valence-electron chi connectivity index (χ4n) is 6.11. The highest BCUT2D eigenvalue weighted by Crippen LogP contribution is 2.42. The molecule has 0 N–H and O–H groups in total. The number of anilines is 1. The number of halogens is 6. The molecule has 2 aromatic carbocycles. The van der Waals surface area contributed by atoms with Crippen LogP contribution < -0.4 is 4.90 Å². The quantitative estimate of drug-likeness (QED) is 0.335. The van der Waals surface area contributed by atoms with Gasteiger partial charge in [-0.1, -0.05) is 18.2 Å². The van der Waals surface area contributed by atoms with E-state index in [0.717, 1.165) is 36.4 Å². The summed E-state index contributed by atoms with van der Waals surface area (Å²) in [7, 11) is 0. The standard InChI is InChI=1S/C29H30F6N4O3/c1-19-6-2-3-7-23(19)39-26(42)38(15-14-36-10-4-5-11-36)25(41)27(39)8-12-37(13-9-27)24(40)20-16-21(28(30,31)32)18-22(17-20)29(33,34)35/h2-3,6-7,16-18H,4-5,8-15H2,1H3. The number of nitrogens with zero attached hydrogens (tertiary/aromatic N) is 4. The third kappa shape index (κ3) is 5.46. The summed E-state index contributed by atoms with van der Waals surface area (Å²) in [4.78, 5) is 46.9. The Morgan fingerprint density at radius 1 is 0.833 bits per heavy atom. The van der Waals surface area contributed by atoms with Crippen LogP contribution in [-0.4, -0.2) is 77.4 Å². The lowest BCUT2D eigenvalue weighted by Gasteiger charge is -2.42. The smallest absolute Gasteiger partial charge is 0.338 e. The summed E-state index contributed by atoms with van der Waals surface area (Å²) in [6.07, 6.45) is -8.15. The maximum Gasteiger partial charge on any atom is 0.416 e. The maximum absolute atomic E-state index is 13.9. The van der Waals surface area contributed by atoms with E-state index in [-0.39, 0.29) is 38.5 Å². The number of carbonyl (C=O) groups excluding carboxylic acids is 3. The van der Waals surface area contributed by atoms with Crippen molar-refractivity contribution in [3.63, 3.8) is 0 Å². The average Bonchev–Trinajstić information content (AvgIpc) is 3.52. The van der Waals surface area contributed by atoms with Gasteiger partial charge in [0.15, 0.2) is 0 Å². The average molecular weight is 597 g/mol. The molecule has 3 aliphatic rings. The van der Waals surface area contributed by atoms with Gasteiger partial charge >= 0.3 is 18.4 Å². The predicted molar refractivity (Wildman–Crippen MR) is 141 cm³/mol. The Bertz CT molecular complexity index is 1350. The van der Waals surface area contributed by atoms with Gasteiger partial charge in [0.2, 0.25) is 0 Å². The lowest BCUT2D eigenvalue weighted by Crippen LogP contribution is -2.58. The van der Waals surface area contributed by atoms with E-state index in [1.165, 1.54) is 9.80 Å². The third-order valence-corrected chi connectivity index (χ3v) is 8.40. The number of hydrogen-bond acceptors (Lipinski definition) is 4. The molecule has 0 saturated carbocycles. The van der Waals surface area contributed by atoms with Crippen molar-refractivity contribution in [2.45, 2.75) is 50.5 Å². The van der Waals surface area contributed by atoms with Gasteiger partial charge in [-0.3, -0.25) is 19.4 Å². The summed E-state index contributed by atoms with van der Waals surface area (Å²) in [6.45, 7) is 4.00. The van der Waals surface area contributed by atoms with E-state index in [9.17, 15) is 40.7 Å². The molecular formula is C29H30F6N4O3. The first-order valence-corrected chi connectivity index (χ1v) is 13.8. The Hall–Kier alpha value is -3.61. The van der Waals surface area contributed by atoms with Gasteiger partial charge in [-0.15, -0.1) is 0 Å². The number of urea groups is 1. The van der Waals surface area contributed by atoms with Crippen LogP contribution in [0.25, 0.3) is 0 Å². The second-order valence-electron chi connectivity index (χ2n) is 11.0. The Balaban J connectivity index is 1.42. The molecule has 1 spiro atoms. The van der Waals surface area contributed by atoms with Crippen LogP contribution in [-0.2, 0) is 17.1 Å². The molecule has 3 saturated heterocycles. The molecule has 0 atom stereocenters. The van der Waals surface area contributed by atoms with E-state index in [4.69, 9.17) is 0 Å². The van der Waals surface area contributed by atoms with Crippen molar-refractivity contribution in [2.24, 2.45) is 0 Å². The van der Waals surface area contributed by atoms with Gasteiger partial charge in [0.05, 0.1) is 11.1 Å². The zero-order valence-corrected chi connectivity index (χ0v) is 22.9. The van der Waals surface area contributed by atoms with Gasteiger partial charge in [0, 0.05) is 37.4 Å². The number of para-hydroxylation sites is 1. The molecule has 2 aromatic rings. The van der Waals surface area contributed by atoms with Gasteiger partial charge in [-0.25, -0.2) is 4.79 Å². The van der Waals surface area contributed by atoms with Gasteiger partial charge in [0.1, 0.15) is 5.54 Å². The fourth-order valence-corrected chi connectivity index (χ4v) is 6.11. The molecule has 226 valence electrons. The van der Waals surface area contributed by atoms with Gasteiger partial charge < -0.3 is 9.80 Å². The molecular weight excluding hydrogens is 566 g/mol. The zero-order chi connectivity index (χ0) is 30.4. The summed E-state index contributed by atoms with van der Waals surface area (Å²) in [6, 6.07) is 7.37. The molecule has 3 aliphatic heterocycles. The molecule has 42 heavy (non-hydrogen) atoms. The highest BCUT2D eigenvalue weighted by atomic mass is 19.4. The van der Waals surface area contributed by atoms with Crippen molar-refractivity contribution in [3.8, 4) is 0 Å². The SMILES string of the molecule is Cc1ccccc1N1C(=O)N(CCN2CCCC2)C(=O)C12CCN(C(=O)c1cc(C(F)(F)F)cc(C(F)(F)F)c1)CC2. The number of amides is 4. The summed E-state index contributed by atoms with van der Waals surface area (Å²) in [5, 5.41) is 0. The van der Waals surface area contributed by atoms with E-state index in [1.54, 1.807) is 31.2 Å². The van der Waals surface area contributed by atoms with Crippen LogP contribution in [0.15, 0.2) is 42.5 Å². The minimum Gasteiger partial charge on any atom is -0.338 e. The Kier molecular flexibility index (Phi) is 7.75. The van der Waals surface area contributed by atoms with Gasteiger partial charge in [-0.2, -0.15) is 26.3 Å². The summed E-state index contributed by atoms with van der Waals surface area (Å²) in [5.74, 6) is -1.42. The first kappa shape index (κ1) is 29.9. The molecule has 0 radical (unpaired) electrons. The van der Waals surface area contributed by atoms with E-state index in [1.807, 2.05) is 0 Å². The maximum atomic E-state index is 13.9. The monoisotopic (exact) mass is 596 g/mol. The Morgan fingerprint density at radius 3 is 1.95 bits per heavy atom. The number of rotatable bonds is 5. The van der Waals surface area contributed by atoms with Gasteiger partial charge in [-0.05, 0) is 75.5 Å². The van der Waals surface area contributed by atoms with Crippen LogP contribution in [0.5, 0.6) is 0 Å². The number of carbonyl (C=O) groups is 3. The van der Waals surface area contributed by atoms with Crippen LogP contribution in [0, 0.1) is 6.92 Å². The number of piperidine rings is 1. The lowest BCUT2D eigenvalue weighted by atomic mass is 9.84. The molecule has 13 heteroatoms. The van der Waals surface area contributed by atoms with E-state index in [2.05, 4.69) is 4.90 Å². The van der Waals surface area contributed by atoms with Gasteiger partial charge in [0.25, 0.3) is 11.8 Å². The molecule has 7 nitrogen and oxygen atoms in total. The fraction of sp³-hybridized carbons (Fsp3) is 0.483. The second kappa shape index (κ2) is 10.9. The zero-order valence-electron chi connectivity index (χ0n) is 22.9. The molecule has 0 aliphatic carbocycles. The van der Waals surface area contributed by atoms with Crippen LogP contribution in [0.2, 0.25) is 0 Å². The van der Waals surface area contributed by atoms with Crippen LogP contribution in [0.4, 0.5) is 36.8 Å². The number of likely N-dealkylation sites (tertiary alicyclic amines) is 2. The summed E-state index contributed by atoms with van der Waals surface area (Å²) in [5.41, 5.74) is -3.95. The molecule has 5 rings (SSSR count). The first-order valence-electron chi connectivity index (χ1n) is 13.8. The Labute approximate surface area is 238 Å². The second-order valence-corrected chi connectivity index (χ2v) is 11.0. The lowest BCUT2D eigenvalue weighted by molar-refractivity contribution is -0.143. The molecule has 3 heterocycles. The minimum absolute atomic E-state index is 0.0248. The van der Waals surface area contributed by atoms with Crippen molar-refractivity contribution in [1.82, 2.24) is 14.7 Å². The molecule has 0 unspecified atom stereocenters. The summed E-state index contributed by atoms with van der Waals surface area (Å²) >= 11 is 0. The molecule has 3 fully saturated rings. The van der Waals surface area contributed by atoms with Crippen molar-refractivity contribution >= 4 is 23.5 Å². The molecule has 0 bridgehead atoms. The number of hydrogen-bond donors (Lipinski definition) is 0. The van der Waals surface area contributed by atoms with Crippen molar-refractivity contribution in [2.75, 3.05) is 44.2 Å². The predicted octanol–water partition coefficient (Wildman–Crippen LogP) is 5.57.